The maximum absolute atomic E-state index is 12.6. The Morgan fingerprint density at radius 2 is 1.70 bits per heavy atom. The largest absolute Gasteiger partial charge is 0.484 e. The molecule has 1 aromatic carbocycles. The van der Waals surface area contributed by atoms with E-state index < -0.39 is 0 Å². The number of rotatable bonds is 5. The molecular formula is C21H29N3O3. The normalized spacial score (nSPS) is 28.0. The van der Waals surface area contributed by atoms with Crippen molar-refractivity contribution in [3.63, 3.8) is 0 Å². The molecule has 0 saturated carbocycles. The van der Waals surface area contributed by atoms with Gasteiger partial charge in [-0.3, -0.25) is 9.59 Å². The number of ether oxygens (including phenoxy) is 1. The van der Waals surface area contributed by atoms with Gasteiger partial charge in [0.2, 0.25) is 5.91 Å². The summed E-state index contributed by atoms with van der Waals surface area (Å²) in [5.41, 5.74) is 0. The van der Waals surface area contributed by atoms with Crippen LogP contribution in [-0.4, -0.2) is 54.5 Å². The Morgan fingerprint density at radius 1 is 1.04 bits per heavy atom. The van der Waals surface area contributed by atoms with E-state index in [4.69, 9.17) is 4.74 Å². The molecule has 0 spiro atoms. The zero-order valence-electron chi connectivity index (χ0n) is 15.7. The zero-order chi connectivity index (χ0) is 18.6. The highest BCUT2D eigenvalue weighted by Gasteiger charge is 2.35. The van der Waals surface area contributed by atoms with Crippen molar-refractivity contribution in [3.8, 4) is 5.75 Å². The minimum atomic E-state index is -0.00681. The number of amides is 2. The van der Waals surface area contributed by atoms with Gasteiger partial charge in [0, 0.05) is 37.1 Å². The van der Waals surface area contributed by atoms with Gasteiger partial charge in [-0.05, 0) is 50.7 Å². The van der Waals surface area contributed by atoms with Crippen LogP contribution in [0, 0.1) is 5.92 Å². The van der Waals surface area contributed by atoms with Crippen molar-refractivity contribution in [3.05, 3.63) is 30.3 Å². The minimum absolute atomic E-state index is 0.00681. The first kappa shape index (κ1) is 18.3. The molecule has 3 aliphatic rings. The van der Waals surface area contributed by atoms with Gasteiger partial charge in [-0.15, -0.1) is 0 Å². The van der Waals surface area contributed by atoms with Gasteiger partial charge in [0.15, 0.2) is 6.61 Å². The lowest BCUT2D eigenvalue weighted by atomic mass is 9.93. The summed E-state index contributed by atoms with van der Waals surface area (Å²) in [5, 5.41) is 6.88. The molecule has 27 heavy (non-hydrogen) atoms. The summed E-state index contributed by atoms with van der Waals surface area (Å²) in [6.45, 7) is 1.32. The van der Waals surface area contributed by atoms with Gasteiger partial charge in [0.25, 0.3) is 5.91 Å². The zero-order valence-corrected chi connectivity index (χ0v) is 15.7. The van der Waals surface area contributed by atoms with Gasteiger partial charge in [0.1, 0.15) is 5.75 Å². The molecule has 1 aromatic rings. The Hall–Kier alpha value is -2.08. The molecule has 3 aliphatic heterocycles. The monoisotopic (exact) mass is 371 g/mol. The number of fused-ring (bicyclic) bond motifs is 2. The number of para-hydroxylation sites is 1. The van der Waals surface area contributed by atoms with Crippen LogP contribution in [0.5, 0.6) is 5.75 Å². The quantitative estimate of drug-likeness (QED) is 0.827. The van der Waals surface area contributed by atoms with E-state index in [0.29, 0.717) is 37.0 Å². The Bertz CT molecular complexity index is 646. The fourth-order valence-corrected chi connectivity index (χ4v) is 4.64. The first-order valence-corrected chi connectivity index (χ1v) is 10.2. The van der Waals surface area contributed by atoms with E-state index in [9.17, 15) is 9.59 Å². The van der Waals surface area contributed by atoms with E-state index in [1.807, 2.05) is 35.2 Å². The van der Waals surface area contributed by atoms with Crippen LogP contribution in [0.15, 0.2) is 30.3 Å². The first-order chi connectivity index (χ1) is 13.2. The van der Waals surface area contributed by atoms with Crippen LogP contribution in [0.25, 0.3) is 0 Å². The van der Waals surface area contributed by atoms with Gasteiger partial charge in [-0.1, -0.05) is 18.2 Å². The SMILES string of the molecule is O=C(NC1CC2CCC(C1)N2)C1CCN(C(=O)COc2ccccc2)CC1. The molecule has 2 bridgehead atoms. The van der Waals surface area contributed by atoms with E-state index in [1.54, 1.807) is 0 Å². The fourth-order valence-electron chi connectivity index (χ4n) is 4.64. The van der Waals surface area contributed by atoms with Crippen molar-refractivity contribution < 1.29 is 14.3 Å². The van der Waals surface area contributed by atoms with Gasteiger partial charge >= 0.3 is 0 Å². The number of carbonyl (C=O) groups is 2. The third-order valence-corrected chi connectivity index (χ3v) is 6.14. The van der Waals surface area contributed by atoms with Crippen LogP contribution in [0.3, 0.4) is 0 Å². The maximum Gasteiger partial charge on any atom is 0.260 e. The summed E-state index contributed by atoms with van der Waals surface area (Å²) >= 11 is 0. The summed E-state index contributed by atoms with van der Waals surface area (Å²) in [5.74, 6) is 0.897. The van der Waals surface area contributed by atoms with Crippen molar-refractivity contribution in [2.24, 2.45) is 5.92 Å². The lowest BCUT2D eigenvalue weighted by molar-refractivity contribution is -0.137. The summed E-state index contributed by atoms with van der Waals surface area (Å²) in [6.07, 6.45) is 6.06. The third kappa shape index (κ3) is 4.61. The van der Waals surface area contributed by atoms with Gasteiger partial charge < -0.3 is 20.3 Å². The number of nitrogens with one attached hydrogen (secondary N) is 2. The molecule has 2 atom stereocenters. The van der Waals surface area contributed by atoms with E-state index >= 15 is 0 Å². The lowest BCUT2D eigenvalue weighted by Crippen LogP contribution is -2.51. The van der Waals surface area contributed by atoms with Crippen molar-refractivity contribution in [2.75, 3.05) is 19.7 Å². The van der Waals surface area contributed by atoms with Crippen LogP contribution in [0.1, 0.15) is 38.5 Å². The molecule has 0 radical (unpaired) electrons. The van der Waals surface area contributed by atoms with E-state index in [2.05, 4.69) is 10.6 Å². The molecule has 3 saturated heterocycles. The van der Waals surface area contributed by atoms with Crippen LogP contribution < -0.4 is 15.4 Å². The Labute approximate surface area is 160 Å². The minimum Gasteiger partial charge on any atom is -0.484 e. The van der Waals surface area contributed by atoms with Crippen LogP contribution in [0.2, 0.25) is 0 Å². The number of benzene rings is 1. The number of piperidine rings is 2. The standard InChI is InChI=1S/C21H29N3O3/c25-20(14-27-19-4-2-1-3-5-19)24-10-8-15(9-11-24)21(26)23-18-12-16-6-7-17(13-18)22-16/h1-5,15-18,22H,6-14H2,(H,23,26). The molecule has 2 unspecified atom stereocenters. The molecule has 3 fully saturated rings. The van der Waals surface area contributed by atoms with Gasteiger partial charge in [0.05, 0.1) is 0 Å². The van der Waals surface area contributed by atoms with Gasteiger partial charge in [-0.2, -0.15) is 0 Å². The second kappa shape index (κ2) is 8.30. The molecule has 3 heterocycles. The fraction of sp³-hybridized carbons (Fsp3) is 0.619. The number of carbonyl (C=O) groups excluding carboxylic acids is 2. The van der Waals surface area contributed by atoms with Crippen molar-refractivity contribution in [1.82, 2.24) is 15.5 Å². The van der Waals surface area contributed by atoms with Crippen LogP contribution in [0.4, 0.5) is 0 Å². The van der Waals surface area contributed by atoms with Crippen molar-refractivity contribution in [2.45, 2.75) is 56.7 Å². The molecule has 0 aliphatic carbocycles. The van der Waals surface area contributed by atoms with E-state index in [1.165, 1.54) is 12.8 Å². The number of hydrogen-bond acceptors (Lipinski definition) is 4. The maximum atomic E-state index is 12.6. The molecule has 6 heteroatoms. The topological polar surface area (TPSA) is 70.7 Å². The number of nitrogens with zero attached hydrogens (tertiary/aromatic N) is 1. The summed E-state index contributed by atoms with van der Waals surface area (Å²) in [7, 11) is 0. The number of hydrogen-bond donors (Lipinski definition) is 2. The highest BCUT2D eigenvalue weighted by atomic mass is 16.5. The van der Waals surface area contributed by atoms with E-state index in [0.717, 1.165) is 25.7 Å². The predicted octanol–water partition coefficient (Wildman–Crippen LogP) is 1.70. The van der Waals surface area contributed by atoms with Crippen LogP contribution >= 0.6 is 0 Å². The van der Waals surface area contributed by atoms with E-state index in [-0.39, 0.29) is 24.3 Å². The molecule has 0 aromatic heterocycles. The molecule has 4 rings (SSSR count). The second-order valence-electron chi connectivity index (χ2n) is 8.07. The highest BCUT2D eigenvalue weighted by molar-refractivity contribution is 5.80. The molecule has 2 amide bonds. The predicted molar refractivity (Wildman–Crippen MR) is 102 cm³/mol. The molecule has 146 valence electrons. The van der Waals surface area contributed by atoms with Crippen LogP contribution in [-0.2, 0) is 9.59 Å². The second-order valence-corrected chi connectivity index (χ2v) is 8.07. The summed E-state index contributed by atoms with van der Waals surface area (Å²) in [4.78, 5) is 26.8. The third-order valence-electron chi connectivity index (χ3n) is 6.14. The Kier molecular flexibility index (Phi) is 5.62. The Morgan fingerprint density at radius 3 is 2.37 bits per heavy atom. The summed E-state index contributed by atoms with van der Waals surface area (Å²) in [6, 6.07) is 10.9. The Balaban J connectivity index is 1.19. The number of likely N-dealkylation sites (tertiary alicyclic amines) is 1. The molecule has 6 nitrogen and oxygen atoms in total. The van der Waals surface area contributed by atoms with Crippen molar-refractivity contribution >= 4 is 11.8 Å². The highest BCUT2D eigenvalue weighted by Crippen LogP contribution is 2.27. The average Bonchev–Trinajstić information content (AvgIpc) is 3.05. The smallest absolute Gasteiger partial charge is 0.260 e. The average molecular weight is 371 g/mol. The molecular weight excluding hydrogens is 342 g/mol. The van der Waals surface area contributed by atoms with Crippen molar-refractivity contribution in [1.29, 1.82) is 0 Å². The lowest BCUT2D eigenvalue weighted by Gasteiger charge is -2.34. The molecule has 2 N–H and O–H groups in total. The summed E-state index contributed by atoms with van der Waals surface area (Å²) < 4.78 is 5.55. The first-order valence-electron chi connectivity index (χ1n) is 10.2. The van der Waals surface area contributed by atoms with Gasteiger partial charge in [-0.25, -0.2) is 0 Å².